The molecule has 1 N–H and O–H groups in total. The summed E-state index contributed by atoms with van der Waals surface area (Å²) in [7, 11) is 0. The summed E-state index contributed by atoms with van der Waals surface area (Å²) in [5.74, 6) is 1.23. The minimum Gasteiger partial charge on any atom is -0.466 e. The third-order valence-corrected chi connectivity index (χ3v) is 5.47. The van der Waals surface area contributed by atoms with Crippen LogP contribution in [0.2, 0.25) is 0 Å². The molecule has 0 fully saturated rings. The van der Waals surface area contributed by atoms with Crippen LogP contribution in [0.5, 0.6) is 0 Å². The molecule has 1 aliphatic rings. The summed E-state index contributed by atoms with van der Waals surface area (Å²) < 4.78 is 5.01. The summed E-state index contributed by atoms with van der Waals surface area (Å²) >= 11 is 0. The van der Waals surface area contributed by atoms with E-state index in [2.05, 4.69) is 20.8 Å². The number of hydrogen-bond acceptors (Lipinski definition) is 3. The number of rotatable bonds is 11. The second-order valence-electron chi connectivity index (χ2n) is 7.66. The Balaban J connectivity index is 2.55. The lowest BCUT2D eigenvalue weighted by Gasteiger charge is -2.30. The fourth-order valence-corrected chi connectivity index (χ4v) is 3.69. The SMILES string of the molecule is CCOC(=O)CC1(O)C=C(CC(CC)CCCC(C)CC)CCC1. The van der Waals surface area contributed by atoms with Gasteiger partial charge in [-0.2, -0.15) is 0 Å². The van der Waals surface area contributed by atoms with Gasteiger partial charge < -0.3 is 9.84 Å². The summed E-state index contributed by atoms with van der Waals surface area (Å²) in [4.78, 5) is 11.7. The molecule has 0 amide bonds. The molecule has 0 bridgehead atoms. The molecule has 1 rings (SSSR count). The third-order valence-electron chi connectivity index (χ3n) is 5.47. The van der Waals surface area contributed by atoms with Crippen molar-refractivity contribution in [1.29, 1.82) is 0 Å². The molecular formula is C21H38O3. The van der Waals surface area contributed by atoms with E-state index < -0.39 is 5.60 Å². The molecule has 24 heavy (non-hydrogen) atoms. The lowest BCUT2D eigenvalue weighted by molar-refractivity contribution is -0.147. The van der Waals surface area contributed by atoms with Crippen LogP contribution < -0.4 is 0 Å². The van der Waals surface area contributed by atoms with E-state index in [1.165, 1.54) is 37.7 Å². The summed E-state index contributed by atoms with van der Waals surface area (Å²) in [6, 6.07) is 0. The smallest absolute Gasteiger partial charge is 0.309 e. The summed E-state index contributed by atoms with van der Waals surface area (Å²) in [6.45, 7) is 9.04. The number of esters is 1. The molecular weight excluding hydrogens is 300 g/mol. The van der Waals surface area contributed by atoms with E-state index in [9.17, 15) is 9.90 Å². The van der Waals surface area contributed by atoms with Gasteiger partial charge in [-0.1, -0.05) is 64.5 Å². The molecule has 0 spiro atoms. The quantitative estimate of drug-likeness (QED) is 0.404. The average Bonchev–Trinajstić information content (AvgIpc) is 2.53. The largest absolute Gasteiger partial charge is 0.466 e. The van der Waals surface area contributed by atoms with Gasteiger partial charge in [-0.15, -0.1) is 0 Å². The van der Waals surface area contributed by atoms with Gasteiger partial charge in [0.25, 0.3) is 0 Å². The van der Waals surface area contributed by atoms with Crippen molar-refractivity contribution in [3.8, 4) is 0 Å². The molecule has 0 aromatic heterocycles. The Kier molecular flexibility index (Phi) is 9.65. The van der Waals surface area contributed by atoms with Crippen LogP contribution in [-0.2, 0) is 9.53 Å². The van der Waals surface area contributed by atoms with Crippen molar-refractivity contribution in [2.45, 2.75) is 97.5 Å². The topological polar surface area (TPSA) is 46.5 Å². The van der Waals surface area contributed by atoms with Gasteiger partial charge in [-0.3, -0.25) is 4.79 Å². The monoisotopic (exact) mass is 338 g/mol. The van der Waals surface area contributed by atoms with E-state index in [1.807, 2.05) is 6.08 Å². The maximum atomic E-state index is 11.7. The van der Waals surface area contributed by atoms with Gasteiger partial charge in [-0.25, -0.2) is 0 Å². The van der Waals surface area contributed by atoms with E-state index in [0.717, 1.165) is 25.2 Å². The lowest BCUT2D eigenvalue weighted by atomic mass is 9.80. The molecule has 0 aromatic rings. The zero-order valence-corrected chi connectivity index (χ0v) is 16.3. The van der Waals surface area contributed by atoms with Crippen LogP contribution in [0.4, 0.5) is 0 Å². The van der Waals surface area contributed by atoms with Crippen LogP contribution in [0.3, 0.4) is 0 Å². The molecule has 1 aliphatic carbocycles. The van der Waals surface area contributed by atoms with Crippen LogP contribution in [0.15, 0.2) is 11.6 Å². The summed E-state index contributed by atoms with van der Waals surface area (Å²) in [6.07, 6.45) is 12.2. The third kappa shape index (κ3) is 7.83. The van der Waals surface area contributed by atoms with Gasteiger partial charge in [0.2, 0.25) is 0 Å². The molecule has 0 radical (unpaired) electrons. The fraction of sp³-hybridized carbons (Fsp3) is 0.857. The highest BCUT2D eigenvalue weighted by Crippen LogP contribution is 2.34. The first-order valence-corrected chi connectivity index (χ1v) is 10.0. The van der Waals surface area contributed by atoms with Gasteiger partial charge >= 0.3 is 5.97 Å². The van der Waals surface area contributed by atoms with Gasteiger partial charge in [-0.05, 0) is 44.4 Å². The Morgan fingerprint density at radius 3 is 2.67 bits per heavy atom. The molecule has 3 unspecified atom stereocenters. The van der Waals surface area contributed by atoms with Crippen molar-refractivity contribution >= 4 is 5.97 Å². The first kappa shape index (κ1) is 21.2. The summed E-state index contributed by atoms with van der Waals surface area (Å²) in [5.41, 5.74) is 0.345. The molecule has 0 saturated carbocycles. The normalized spacial score (nSPS) is 23.5. The molecule has 0 aromatic carbocycles. The average molecular weight is 339 g/mol. The first-order valence-electron chi connectivity index (χ1n) is 10.0. The molecule has 3 atom stereocenters. The molecule has 3 nitrogen and oxygen atoms in total. The summed E-state index contributed by atoms with van der Waals surface area (Å²) in [5, 5.41) is 10.7. The Morgan fingerprint density at radius 1 is 1.29 bits per heavy atom. The molecule has 0 aliphatic heterocycles. The number of aliphatic hydroxyl groups is 1. The highest BCUT2D eigenvalue weighted by molar-refractivity contribution is 5.71. The minimum atomic E-state index is -0.991. The highest BCUT2D eigenvalue weighted by atomic mass is 16.5. The number of ether oxygens (including phenoxy) is 1. The van der Waals surface area contributed by atoms with Gasteiger partial charge in [0, 0.05) is 0 Å². The van der Waals surface area contributed by atoms with Crippen molar-refractivity contribution < 1.29 is 14.6 Å². The van der Waals surface area contributed by atoms with E-state index in [-0.39, 0.29) is 12.4 Å². The fourth-order valence-electron chi connectivity index (χ4n) is 3.69. The zero-order chi connectivity index (χ0) is 18.0. The van der Waals surface area contributed by atoms with Gasteiger partial charge in [0.05, 0.1) is 18.6 Å². The number of allylic oxidation sites excluding steroid dienone is 1. The standard InChI is InChI=1S/C21H38O3/c1-5-17(4)10-8-11-18(6-2)14-19-12-9-13-21(23,15-19)16-20(22)24-7-3/h15,17-18,23H,5-14,16H2,1-4H3. The van der Waals surface area contributed by atoms with Crippen molar-refractivity contribution in [3.05, 3.63) is 11.6 Å². The van der Waals surface area contributed by atoms with Crippen LogP contribution in [0, 0.1) is 11.8 Å². The predicted molar refractivity (Wildman–Crippen MR) is 99.8 cm³/mol. The molecule has 0 heterocycles. The maximum absolute atomic E-state index is 11.7. The first-order chi connectivity index (χ1) is 11.4. The predicted octanol–water partition coefficient (Wildman–Crippen LogP) is 5.41. The molecule has 0 saturated heterocycles. The van der Waals surface area contributed by atoms with Crippen LogP contribution in [-0.4, -0.2) is 23.3 Å². The van der Waals surface area contributed by atoms with E-state index in [0.29, 0.717) is 18.9 Å². The maximum Gasteiger partial charge on any atom is 0.309 e. The second kappa shape index (κ2) is 10.9. The molecule has 3 heteroatoms. The van der Waals surface area contributed by atoms with Crippen molar-refractivity contribution in [3.63, 3.8) is 0 Å². The number of hydrogen-bond donors (Lipinski definition) is 1. The lowest BCUT2D eigenvalue weighted by Crippen LogP contribution is -2.33. The zero-order valence-electron chi connectivity index (χ0n) is 16.3. The van der Waals surface area contributed by atoms with Crippen molar-refractivity contribution in [1.82, 2.24) is 0 Å². The highest BCUT2D eigenvalue weighted by Gasteiger charge is 2.31. The van der Waals surface area contributed by atoms with E-state index in [4.69, 9.17) is 4.74 Å². The minimum absolute atomic E-state index is 0.0924. The van der Waals surface area contributed by atoms with Crippen LogP contribution >= 0.6 is 0 Å². The Bertz CT molecular complexity index is 402. The van der Waals surface area contributed by atoms with E-state index in [1.54, 1.807) is 6.92 Å². The second-order valence-corrected chi connectivity index (χ2v) is 7.66. The van der Waals surface area contributed by atoms with Gasteiger partial charge in [0.1, 0.15) is 0 Å². The number of carbonyl (C=O) groups is 1. The number of carbonyl (C=O) groups excluding carboxylic acids is 1. The van der Waals surface area contributed by atoms with Crippen molar-refractivity contribution in [2.24, 2.45) is 11.8 Å². The Morgan fingerprint density at radius 2 is 2.04 bits per heavy atom. The Labute approximate surface area is 148 Å². The molecule has 140 valence electrons. The Hall–Kier alpha value is -0.830. The van der Waals surface area contributed by atoms with Crippen LogP contribution in [0.1, 0.15) is 91.9 Å². The van der Waals surface area contributed by atoms with Crippen LogP contribution in [0.25, 0.3) is 0 Å². The van der Waals surface area contributed by atoms with E-state index >= 15 is 0 Å². The van der Waals surface area contributed by atoms with Crippen molar-refractivity contribution in [2.75, 3.05) is 6.61 Å². The van der Waals surface area contributed by atoms with Gasteiger partial charge in [0.15, 0.2) is 0 Å².